The molecule has 1 saturated heterocycles. The Morgan fingerprint density at radius 3 is 2.33 bits per heavy atom. The van der Waals surface area contributed by atoms with Gasteiger partial charge in [0.25, 0.3) is 0 Å². The molecule has 0 bridgehead atoms. The third-order valence-corrected chi connectivity index (χ3v) is 3.99. The van der Waals surface area contributed by atoms with Crippen LogP contribution >= 0.6 is 11.6 Å². The van der Waals surface area contributed by atoms with E-state index in [0.717, 1.165) is 19.5 Å². The molecule has 1 aromatic rings. The van der Waals surface area contributed by atoms with Crippen molar-refractivity contribution in [3.05, 3.63) is 35.9 Å². The summed E-state index contributed by atoms with van der Waals surface area (Å²) in [6.45, 7) is 8.69. The van der Waals surface area contributed by atoms with E-state index < -0.39 is 5.60 Å². The van der Waals surface area contributed by atoms with Crippen LogP contribution in [0.5, 0.6) is 0 Å². The van der Waals surface area contributed by atoms with Crippen LogP contribution in [0.25, 0.3) is 6.08 Å². The number of piperazine rings is 1. The van der Waals surface area contributed by atoms with Crippen LogP contribution in [0.15, 0.2) is 30.3 Å². The largest absolute Gasteiger partial charge is 0.444 e. The second-order valence-corrected chi connectivity index (χ2v) is 7.30. The maximum Gasteiger partial charge on any atom is 0.410 e. The zero-order valence-corrected chi connectivity index (χ0v) is 15.6. The van der Waals surface area contributed by atoms with Gasteiger partial charge in [0, 0.05) is 37.7 Å². The normalized spacial score (nSPS) is 15.8. The minimum Gasteiger partial charge on any atom is -0.444 e. The fraction of sp³-hybridized carbons (Fsp3) is 0.526. The van der Waals surface area contributed by atoms with Gasteiger partial charge >= 0.3 is 6.09 Å². The monoisotopic (exact) mass is 350 g/mol. The molecule has 2 rings (SSSR count). The zero-order chi connectivity index (χ0) is 17.6. The van der Waals surface area contributed by atoms with E-state index in [9.17, 15) is 4.79 Å². The molecule has 0 radical (unpaired) electrons. The van der Waals surface area contributed by atoms with Crippen molar-refractivity contribution in [1.29, 1.82) is 0 Å². The van der Waals surface area contributed by atoms with Gasteiger partial charge in [-0.1, -0.05) is 24.3 Å². The lowest BCUT2D eigenvalue weighted by atomic mass is 10.1. The standard InChI is InChI=1S/C19H27ClN2O2/c1-19(2,3)24-18(23)22-14-12-21(13-15-22)17-9-7-16(8-10-17)6-4-5-11-20/h4,6-10H,5,11-15H2,1-3H3. The fourth-order valence-electron chi connectivity index (χ4n) is 2.55. The molecular formula is C19H27ClN2O2. The Morgan fingerprint density at radius 2 is 1.79 bits per heavy atom. The molecule has 132 valence electrons. The topological polar surface area (TPSA) is 32.8 Å². The van der Waals surface area contributed by atoms with Crippen molar-refractivity contribution >= 4 is 29.5 Å². The van der Waals surface area contributed by atoms with E-state index >= 15 is 0 Å². The van der Waals surface area contributed by atoms with Crippen molar-refractivity contribution in [1.82, 2.24) is 4.90 Å². The number of amides is 1. The van der Waals surface area contributed by atoms with Crippen LogP contribution < -0.4 is 4.90 Å². The van der Waals surface area contributed by atoms with Gasteiger partial charge in [-0.2, -0.15) is 0 Å². The summed E-state index contributed by atoms with van der Waals surface area (Å²) in [5.74, 6) is 0.649. The highest BCUT2D eigenvalue weighted by atomic mass is 35.5. The third-order valence-electron chi connectivity index (χ3n) is 3.78. The van der Waals surface area contributed by atoms with Crippen molar-refractivity contribution in [2.24, 2.45) is 0 Å². The van der Waals surface area contributed by atoms with Gasteiger partial charge in [0.1, 0.15) is 5.60 Å². The summed E-state index contributed by atoms with van der Waals surface area (Å²) in [6, 6.07) is 8.48. The molecule has 0 aliphatic carbocycles. The molecule has 0 atom stereocenters. The average molecular weight is 351 g/mol. The molecule has 0 aromatic heterocycles. The molecule has 0 unspecified atom stereocenters. The van der Waals surface area contributed by atoms with Crippen LogP contribution in [0.4, 0.5) is 10.5 Å². The highest BCUT2D eigenvalue weighted by Gasteiger charge is 2.25. The van der Waals surface area contributed by atoms with E-state index in [-0.39, 0.29) is 6.09 Å². The first-order chi connectivity index (χ1) is 11.4. The Hall–Kier alpha value is -1.68. The SMILES string of the molecule is CC(C)(C)OC(=O)N1CCN(c2ccc(C=CCCCl)cc2)CC1. The van der Waals surface area contributed by atoms with E-state index in [4.69, 9.17) is 16.3 Å². The number of halogens is 1. The molecule has 0 spiro atoms. The van der Waals surface area contributed by atoms with E-state index in [1.165, 1.54) is 11.3 Å². The number of rotatable bonds is 4. The van der Waals surface area contributed by atoms with Crippen LogP contribution in [0.2, 0.25) is 0 Å². The first kappa shape index (κ1) is 18.7. The fourth-order valence-corrected chi connectivity index (χ4v) is 2.68. The first-order valence-corrected chi connectivity index (χ1v) is 8.98. The van der Waals surface area contributed by atoms with Crippen LogP contribution in [0.1, 0.15) is 32.8 Å². The van der Waals surface area contributed by atoms with Crippen LogP contribution in [0, 0.1) is 0 Å². The smallest absolute Gasteiger partial charge is 0.410 e. The number of benzene rings is 1. The summed E-state index contributed by atoms with van der Waals surface area (Å²) < 4.78 is 5.43. The zero-order valence-electron chi connectivity index (χ0n) is 14.8. The molecule has 0 N–H and O–H groups in total. The summed E-state index contributed by atoms with van der Waals surface area (Å²) in [5.41, 5.74) is 1.92. The predicted molar refractivity (Wildman–Crippen MR) is 101 cm³/mol. The van der Waals surface area contributed by atoms with E-state index in [0.29, 0.717) is 19.0 Å². The molecule has 24 heavy (non-hydrogen) atoms. The molecule has 0 saturated carbocycles. The lowest BCUT2D eigenvalue weighted by Gasteiger charge is -2.36. The Kier molecular flexibility index (Phi) is 6.55. The Morgan fingerprint density at radius 1 is 1.17 bits per heavy atom. The Balaban J connectivity index is 1.87. The van der Waals surface area contributed by atoms with Gasteiger partial charge in [0.05, 0.1) is 0 Å². The molecule has 5 heteroatoms. The third kappa shape index (κ3) is 5.75. The molecule has 1 aliphatic heterocycles. The van der Waals surface area contributed by atoms with Crippen molar-refractivity contribution in [2.45, 2.75) is 32.8 Å². The van der Waals surface area contributed by atoms with Crippen LogP contribution in [-0.2, 0) is 4.74 Å². The summed E-state index contributed by atoms with van der Waals surface area (Å²) in [6.07, 6.45) is 4.84. The van der Waals surface area contributed by atoms with Gasteiger partial charge in [0.15, 0.2) is 0 Å². The van der Waals surface area contributed by atoms with Gasteiger partial charge in [-0.05, 0) is 44.9 Å². The summed E-state index contributed by atoms with van der Waals surface area (Å²) in [5, 5.41) is 0. The highest BCUT2D eigenvalue weighted by molar-refractivity contribution is 6.17. The van der Waals surface area contributed by atoms with Crippen molar-refractivity contribution < 1.29 is 9.53 Å². The highest BCUT2D eigenvalue weighted by Crippen LogP contribution is 2.19. The number of anilines is 1. The van der Waals surface area contributed by atoms with Gasteiger partial charge in [-0.3, -0.25) is 0 Å². The number of hydrogen-bond acceptors (Lipinski definition) is 3. The summed E-state index contributed by atoms with van der Waals surface area (Å²) >= 11 is 5.67. The molecular weight excluding hydrogens is 324 g/mol. The van der Waals surface area contributed by atoms with E-state index in [1.807, 2.05) is 20.8 Å². The minimum atomic E-state index is -0.443. The predicted octanol–water partition coefficient (Wildman–Crippen LogP) is 4.39. The van der Waals surface area contributed by atoms with Crippen molar-refractivity contribution in [3.8, 4) is 0 Å². The maximum absolute atomic E-state index is 12.1. The van der Waals surface area contributed by atoms with Gasteiger partial charge in [0.2, 0.25) is 0 Å². The maximum atomic E-state index is 12.1. The number of carbonyl (C=O) groups is 1. The Labute approximate surface area is 150 Å². The minimum absolute atomic E-state index is 0.220. The Bertz CT molecular complexity index is 556. The molecule has 1 heterocycles. The van der Waals surface area contributed by atoms with Crippen molar-refractivity contribution in [3.63, 3.8) is 0 Å². The quantitative estimate of drug-likeness (QED) is 0.755. The molecule has 4 nitrogen and oxygen atoms in total. The van der Waals surface area contributed by atoms with Crippen LogP contribution in [0.3, 0.4) is 0 Å². The lowest BCUT2D eigenvalue weighted by Crippen LogP contribution is -2.50. The number of ether oxygens (including phenoxy) is 1. The van der Waals surface area contributed by atoms with E-state index in [1.54, 1.807) is 4.90 Å². The lowest BCUT2D eigenvalue weighted by molar-refractivity contribution is 0.0240. The molecule has 1 amide bonds. The second kappa shape index (κ2) is 8.43. The summed E-state index contributed by atoms with van der Waals surface area (Å²) in [7, 11) is 0. The number of carbonyl (C=O) groups excluding carboxylic acids is 1. The molecule has 1 fully saturated rings. The second-order valence-electron chi connectivity index (χ2n) is 6.93. The summed E-state index contributed by atoms with van der Waals surface area (Å²) in [4.78, 5) is 16.2. The first-order valence-electron chi connectivity index (χ1n) is 8.44. The van der Waals surface area contributed by atoms with Gasteiger partial charge in [-0.25, -0.2) is 4.79 Å². The number of nitrogens with zero attached hydrogens (tertiary/aromatic N) is 2. The van der Waals surface area contributed by atoms with Crippen LogP contribution in [-0.4, -0.2) is 48.7 Å². The number of allylic oxidation sites excluding steroid dienone is 1. The molecule has 1 aromatic carbocycles. The molecule has 1 aliphatic rings. The van der Waals surface area contributed by atoms with Crippen molar-refractivity contribution in [2.75, 3.05) is 37.0 Å². The van der Waals surface area contributed by atoms with Gasteiger partial charge in [-0.15, -0.1) is 11.6 Å². The number of hydrogen-bond donors (Lipinski definition) is 0. The number of alkyl halides is 1. The average Bonchev–Trinajstić information content (AvgIpc) is 2.54. The van der Waals surface area contributed by atoms with E-state index in [2.05, 4.69) is 41.3 Å². The van der Waals surface area contributed by atoms with Gasteiger partial charge < -0.3 is 14.5 Å².